The van der Waals surface area contributed by atoms with E-state index < -0.39 is 0 Å². The van der Waals surface area contributed by atoms with E-state index in [1.165, 1.54) is 32.1 Å². The van der Waals surface area contributed by atoms with Gasteiger partial charge in [-0.1, -0.05) is 87.5 Å². The Morgan fingerprint density at radius 2 is 1.29 bits per heavy atom. The summed E-state index contributed by atoms with van der Waals surface area (Å²) in [6, 6.07) is 0. The molecule has 0 aromatic rings. The summed E-state index contributed by atoms with van der Waals surface area (Å²) in [6.45, 7) is 20.0. The van der Waals surface area contributed by atoms with Crippen molar-refractivity contribution in [1.82, 2.24) is 4.90 Å². The summed E-state index contributed by atoms with van der Waals surface area (Å²) < 4.78 is 16.2. The van der Waals surface area contributed by atoms with Gasteiger partial charge in [-0.2, -0.15) is 0 Å². The molecule has 212 valence electrons. The number of carbonyl (C=O) groups excluding carboxylic acids is 1. The van der Waals surface area contributed by atoms with Crippen LogP contribution in [0.5, 0.6) is 0 Å². The van der Waals surface area contributed by atoms with Gasteiger partial charge < -0.3 is 19.1 Å². The average Bonchev–Trinajstić information content (AvgIpc) is 2.83. The summed E-state index contributed by atoms with van der Waals surface area (Å²) in [5.74, 6) is 0.568. The Kier molecular flexibility index (Phi) is 24.8. The van der Waals surface area contributed by atoms with Crippen LogP contribution >= 0.6 is 0 Å². The molecule has 1 saturated heterocycles. The fourth-order valence-electron chi connectivity index (χ4n) is 4.69. The highest BCUT2D eigenvalue weighted by Crippen LogP contribution is 2.50. The second-order valence-electron chi connectivity index (χ2n) is 9.38. The summed E-state index contributed by atoms with van der Waals surface area (Å²) in [5.41, 5.74) is 0.386. The fraction of sp³-hybridized carbons (Fsp3) is 0.967. The number of rotatable bonds is 12. The molecule has 1 amide bonds. The zero-order valence-corrected chi connectivity index (χ0v) is 25.4. The van der Waals surface area contributed by atoms with E-state index in [0.29, 0.717) is 23.5 Å². The molecule has 5 heteroatoms. The zero-order chi connectivity index (χ0) is 27.1. The lowest BCUT2D eigenvalue weighted by molar-refractivity contribution is -0.179. The molecule has 1 heterocycles. The van der Waals surface area contributed by atoms with Crippen LogP contribution in [0, 0.1) is 11.3 Å². The molecule has 1 aliphatic heterocycles. The minimum absolute atomic E-state index is 0.218. The van der Waals surface area contributed by atoms with Crippen molar-refractivity contribution in [2.24, 2.45) is 11.3 Å². The molecule has 1 spiro atoms. The molecule has 0 aromatic heterocycles. The van der Waals surface area contributed by atoms with Crippen LogP contribution in [-0.2, 0) is 19.0 Å². The molecule has 5 nitrogen and oxygen atoms in total. The molecule has 3 fully saturated rings. The SMILES string of the molecule is CC.CC.CC.CCCCCCC.COCCCCOC1CC2(C1)CN(C(=O)C1CC(OC)C1)C2. The van der Waals surface area contributed by atoms with E-state index in [4.69, 9.17) is 14.2 Å². The largest absolute Gasteiger partial charge is 0.385 e. The third-order valence-corrected chi connectivity index (χ3v) is 6.77. The fourth-order valence-corrected chi connectivity index (χ4v) is 4.69. The van der Waals surface area contributed by atoms with E-state index >= 15 is 0 Å². The van der Waals surface area contributed by atoms with Crippen LogP contribution in [-0.4, -0.2) is 63.5 Å². The van der Waals surface area contributed by atoms with Crippen LogP contribution in [0.3, 0.4) is 0 Å². The van der Waals surface area contributed by atoms with E-state index in [1.54, 1.807) is 14.2 Å². The molecule has 2 aliphatic carbocycles. The van der Waals surface area contributed by atoms with Gasteiger partial charge in [-0.25, -0.2) is 0 Å². The maximum Gasteiger partial charge on any atom is 0.225 e. The van der Waals surface area contributed by atoms with Gasteiger partial charge in [-0.05, 0) is 38.5 Å². The van der Waals surface area contributed by atoms with E-state index in [-0.39, 0.29) is 5.92 Å². The van der Waals surface area contributed by atoms with Gasteiger partial charge in [0.05, 0.1) is 12.2 Å². The van der Waals surface area contributed by atoms with Gasteiger partial charge in [0, 0.05) is 51.9 Å². The number of nitrogens with zero attached hydrogens (tertiary/aromatic N) is 1. The third-order valence-electron chi connectivity index (χ3n) is 6.77. The summed E-state index contributed by atoms with van der Waals surface area (Å²) in [5, 5.41) is 0. The molecular weight excluding hydrogens is 438 g/mol. The molecule has 0 unspecified atom stereocenters. The number of carbonyl (C=O) groups is 1. The van der Waals surface area contributed by atoms with Crippen LogP contribution in [0.2, 0.25) is 0 Å². The van der Waals surface area contributed by atoms with Gasteiger partial charge in [0.15, 0.2) is 0 Å². The monoisotopic (exact) mass is 501 g/mol. The Morgan fingerprint density at radius 1 is 0.771 bits per heavy atom. The lowest BCUT2D eigenvalue weighted by atomic mass is 9.61. The Morgan fingerprint density at radius 3 is 1.74 bits per heavy atom. The highest BCUT2D eigenvalue weighted by atomic mass is 16.5. The van der Waals surface area contributed by atoms with Crippen molar-refractivity contribution in [3.05, 3.63) is 0 Å². The van der Waals surface area contributed by atoms with Crippen molar-refractivity contribution in [3.63, 3.8) is 0 Å². The molecule has 2 saturated carbocycles. The molecular formula is C30H63NO4. The van der Waals surface area contributed by atoms with Gasteiger partial charge in [0.2, 0.25) is 5.91 Å². The van der Waals surface area contributed by atoms with E-state index in [0.717, 1.165) is 64.8 Å². The molecule has 35 heavy (non-hydrogen) atoms. The highest BCUT2D eigenvalue weighted by molar-refractivity contribution is 5.81. The number of hydrogen-bond donors (Lipinski definition) is 0. The second-order valence-corrected chi connectivity index (χ2v) is 9.38. The third kappa shape index (κ3) is 14.0. The van der Waals surface area contributed by atoms with Gasteiger partial charge >= 0.3 is 0 Å². The Labute approximate surface area is 220 Å². The molecule has 0 N–H and O–H groups in total. The van der Waals surface area contributed by atoms with Gasteiger partial charge in [0.1, 0.15) is 0 Å². The molecule has 0 aromatic carbocycles. The average molecular weight is 502 g/mol. The molecule has 3 rings (SSSR count). The van der Waals surface area contributed by atoms with Gasteiger partial charge in [-0.3, -0.25) is 4.79 Å². The van der Waals surface area contributed by atoms with Crippen LogP contribution in [0.1, 0.15) is 126 Å². The quantitative estimate of drug-likeness (QED) is 0.255. The molecule has 0 radical (unpaired) electrons. The first kappa shape index (κ1) is 36.5. The predicted molar refractivity (Wildman–Crippen MR) is 151 cm³/mol. The molecule has 0 bridgehead atoms. The van der Waals surface area contributed by atoms with Crippen molar-refractivity contribution in [2.75, 3.05) is 40.5 Å². The van der Waals surface area contributed by atoms with Crippen molar-refractivity contribution < 1.29 is 19.0 Å². The first-order chi connectivity index (χ1) is 17.1. The van der Waals surface area contributed by atoms with E-state index in [1.807, 2.05) is 46.4 Å². The van der Waals surface area contributed by atoms with Gasteiger partial charge in [0.25, 0.3) is 0 Å². The number of methoxy groups -OCH3 is 2. The molecule has 0 atom stereocenters. The zero-order valence-electron chi connectivity index (χ0n) is 25.4. The first-order valence-electron chi connectivity index (χ1n) is 15.0. The topological polar surface area (TPSA) is 48.0 Å². The normalized spacial score (nSPS) is 21.1. The van der Waals surface area contributed by atoms with E-state index in [2.05, 4.69) is 13.8 Å². The smallest absolute Gasteiger partial charge is 0.225 e. The van der Waals surface area contributed by atoms with Crippen LogP contribution in [0.25, 0.3) is 0 Å². The van der Waals surface area contributed by atoms with Crippen molar-refractivity contribution >= 4 is 5.91 Å². The Bertz CT molecular complexity index is 447. The molecule has 3 aliphatic rings. The lowest BCUT2D eigenvalue weighted by Gasteiger charge is -2.59. The van der Waals surface area contributed by atoms with Crippen molar-refractivity contribution in [1.29, 1.82) is 0 Å². The second kappa shape index (κ2) is 23.7. The highest BCUT2D eigenvalue weighted by Gasteiger charge is 2.55. The van der Waals surface area contributed by atoms with Crippen LogP contribution < -0.4 is 0 Å². The van der Waals surface area contributed by atoms with Gasteiger partial charge in [-0.15, -0.1) is 0 Å². The number of amides is 1. The number of hydrogen-bond acceptors (Lipinski definition) is 4. The van der Waals surface area contributed by atoms with Crippen LogP contribution in [0.4, 0.5) is 0 Å². The predicted octanol–water partition coefficient (Wildman–Crippen LogP) is 7.90. The number of ether oxygens (including phenoxy) is 3. The minimum atomic E-state index is 0.218. The van der Waals surface area contributed by atoms with Crippen LogP contribution in [0.15, 0.2) is 0 Å². The van der Waals surface area contributed by atoms with E-state index in [9.17, 15) is 4.79 Å². The number of likely N-dealkylation sites (tertiary alicyclic amines) is 1. The summed E-state index contributed by atoms with van der Waals surface area (Å²) in [6.07, 6.45) is 14.0. The maximum absolute atomic E-state index is 12.3. The Hall–Kier alpha value is -0.650. The van der Waals surface area contributed by atoms with Crippen molar-refractivity contribution in [3.8, 4) is 0 Å². The summed E-state index contributed by atoms with van der Waals surface area (Å²) >= 11 is 0. The Balaban J connectivity index is 0. The summed E-state index contributed by atoms with van der Waals surface area (Å²) in [7, 11) is 3.47. The number of unbranched alkanes of at least 4 members (excludes halogenated alkanes) is 5. The lowest BCUT2D eigenvalue weighted by Crippen LogP contribution is -2.66. The standard InChI is InChI=1S/C17H29NO4.C7H16.3C2H6/c1-20-5-3-4-6-22-15-9-17(10-15)11-18(12-17)16(19)13-7-14(8-13)21-2;1-3-5-7-6-4-2;3*1-2/h13-15H,3-12H2,1-2H3;3-7H2,1-2H3;3*1-2H3. The maximum atomic E-state index is 12.3. The summed E-state index contributed by atoms with van der Waals surface area (Å²) in [4.78, 5) is 14.3. The minimum Gasteiger partial charge on any atom is -0.385 e. The van der Waals surface area contributed by atoms with Crippen molar-refractivity contribution in [2.45, 2.75) is 138 Å². The first-order valence-corrected chi connectivity index (χ1v) is 15.0.